The van der Waals surface area contributed by atoms with Crippen LogP contribution in [0.25, 0.3) is 0 Å². The minimum absolute atomic E-state index is 0.0208. The lowest BCUT2D eigenvalue weighted by molar-refractivity contribution is -0.117. The Bertz CT molecular complexity index is 528. The molecule has 22 heavy (non-hydrogen) atoms. The number of nitrogens with one attached hydrogen (secondary N) is 1. The minimum atomic E-state index is -2.94. The highest BCUT2D eigenvalue weighted by Gasteiger charge is 2.24. The molecule has 2 atom stereocenters. The first-order valence-corrected chi connectivity index (χ1v) is 7.63. The van der Waals surface area contributed by atoms with Gasteiger partial charge < -0.3 is 15.8 Å². The van der Waals surface area contributed by atoms with Gasteiger partial charge in [-0.25, -0.2) is 0 Å². The highest BCUT2D eigenvalue weighted by Crippen LogP contribution is 2.30. The first-order valence-electron chi connectivity index (χ1n) is 7.25. The van der Waals surface area contributed by atoms with Crippen molar-refractivity contribution >= 4 is 23.2 Å². The molecule has 1 saturated carbocycles. The fraction of sp³-hybridized carbons (Fsp3) is 0.533. The number of ether oxygens (including phenoxy) is 1. The second-order valence-electron chi connectivity index (χ2n) is 5.48. The molecule has 7 heteroatoms. The molecule has 0 radical (unpaired) electrons. The summed E-state index contributed by atoms with van der Waals surface area (Å²) in [5, 5.41) is 2.73. The van der Waals surface area contributed by atoms with Crippen molar-refractivity contribution in [1.82, 2.24) is 0 Å². The summed E-state index contributed by atoms with van der Waals surface area (Å²) in [6, 6.07) is 4.22. The maximum Gasteiger partial charge on any atom is 0.387 e. The van der Waals surface area contributed by atoms with Crippen LogP contribution < -0.4 is 15.8 Å². The van der Waals surface area contributed by atoms with Gasteiger partial charge in [0.05, 0.1) is 5.02 Å². The molecule has 4 nitrogen and oxygen atoms in total. The molecule has 1 aromatic carbocycles. The Balaban J connectivity index is 1.92. The van der Waals surface area contributed by atoms with Crippen molar-refractivity contribution in [2.75, 3.05) is 5.32 Å². The second kappa shape index (κ2) is 7.74. The van der Waals surface area contributed by atoms with Crippen LogP contribution in [-0.4, -0.2) is 18.6 Å². The topological polar surface area (TPSA) is 64.4 Å². The Morgan fingerprint density at radius 2 is 2.14 bits per heavy atom. The van der Waals surface area contributed by atoms with E-state index in [1.807, 2.05) is 0 Å². The number of amides is 1. The van der Waals surface area contributed by atoms with E-state index in [-0.39, 0.29) is 28.6 Å². The quantitative estimate of drug-likeness (QED) is 0.862. The summed E-state index contributed by atoms with van der Waals surface area (Å²) in [6.07, 6.45) is 4.46. The fourth-order valence-corrected chi connectivity index (χ4v) is 2.94. The normalized spacial score (nSPS) is 21.7. The van der Waals surface area contributed by atoms with Crippen LogP contribution in [-0.2, 0) is 4.79 Å². The predicted octanol–water partition coefficient (Wildman–Crippen LogP) is 3.79. The molecular weight excluding hydrogens is 314 g/mol. The van der Waals surface area contributed by atoms with Gasteiger partial charge in [-0.1, -0.05) is 24.4 Å². The SMILES string of the molecule is NC1CCCCC1CC(=O)Nc1ccc(OC(F)F)c(Cl)c1. The molecule has 0 spiro atoms. The van der Waals surface area contributed by atoms with Crippen LogP contribution in [0.3, 0.4) is 0 Å². The van der Waals surface area contributed by atoms with Gasteiger partial charge in [0, 0.05) is 18.2 Å². The molecule has 0 saturated heterocycles. The van der Waals surface area contributed by atoms with E-state index in [1.165, 1.54) is 18.2 Å². The number of hydrogen-bond acceptors (Lipinski definition) is 3. The zero-order chi connectivity index (χ0) is 16.1. The predicted molar refractivity (Wildman–Crippen MR) is 81.3 cm³/mol. The zero-order valence-corrected chi connectivity index (χ0v) is 12.8. The third-order valence-corrected chi connectivity index (χ3v) is 4.14. The van der Waals surface area contributed by atoms with Gasteiger partial charge in [-0.3, -0.25) is 4.79 Å². The zero-order valence-electron chi connectivity index (χ0n) is 12.0. The van der Waals surface area contributed by atoms with Crippen molar-refractivity contribution in [3.8, 4) is 5.75 Å². The maximum atomic E-state index is 12.1. The number of anilines is 1. The lowest BCUT2D eigenvalue weighted by Crippen LogP contribution is -2.35. The van der Waals surface area contributed by atoms with Crippen LogP contribution in [0, 0.1) is 5.92 Å². The van der Waals surface area contributed by atoms with Gasteiger partial charge in [-0.2, -0.15) is 8.78 Å². The van der Waals surface area contributed by atoms with Crippen LogP contribution in [0.15, 0.2) is 18.2 Å². The average molecular weight is 333 g/mol. The summed E-state index contributed by atoms with van der Waals surface area (Å²) in [5.74, 6) is -0.0874. The molecule has 3 N–H and O–H groups in total. The summed E-state index contributed by atoms with van der Waals surface area (Å²) in [6.45, 7) is -2.94. The number of rotatable bonds is 5. The van der Waals surface area contributed by atoms with Gasteiger partial charge in [0.15, 0.2) is 0 Å². The molecule has 1 amide bonds. The first-order chi connectivity index (χ1) is 10.5. The van der Waals surface area contributed by atoms with E-state index < -0.39 is 6.61 Å². The molecular formula is C15H19ClF2N2O2. The summed E-state index contributed by atoms with van der Waals surface area (Å²) < 4.78 is 28.5. The third-order valence-electron chi connectivity index (χ3n) is 3.85. The molecule has 1 aliphatic rings. The van der Waals surface area contributed by atoms with Crippen LogP contribution >= 0.6 is 11.6 Å². The number of carbonyl (C=O) groups excluding carboxylic acids is 1. The Hall–Kier alpha value is -1.40. The number of nitrogens with two attached hydrogens (primary N) is 1. The number of alkyl halides is 2. The van der Waals surface area contributed by atoms with Gasteiger partial charge in [-0.15, -0.1) is 0 Å². The molecule has 0 heterocycles. The number of carbonyl (C=O) groups is 1. The first kappa shape index (κ1) is 17.0. The summed E-state index contributed by atoms with van der Waals surface area (Å²) in [5.41, 5.74) is 6.47. The van der Waals surface area contributed by atoms with Crippen molar-refractivity contribution in [2.24, 2.45) is 11.7 Å². The van der Waals surface area contributed by atoms with Gasteiger partial charge in [0.2, 0.25) is 5.91 Å². The molecule has 2 rings (SSSR count). The number of hydrogen-bond donors (Lipinski definition) is 2. The van der Waals surface area contributed by atoms with Crippen LogP contribution in [0.5, 0.6) is 5.75 Å². The van der Waals surface area contributed by atoms with E-state index in [9.17, 15) is 13.6 Å². The largest absolute Gasteiger partial charge is 0.433 e. The van der Waals surface area contributed by atoms with E-state index in [4.69, 9.17) is 17.3 Å². The molecule has 0 aliphatic heterocycles. The molecule has 1 fully saturated rings. The van der Waals surface area contributed by atoms with Crippen molar-refractivity contribution in [3.63, 3.8) is 0 Å². The monoisotopic (exact) mass is 332 g/mol. The van der Waals surface area contributed by atoms with Crippen molar-refractivity contribution in [1.29, 1.82) is 0 Å². The summed E-state index contributed by atoms with van der Waals surface area (Å²) in [4.78, 5) is 12.0. The Morgan fingerprint density at radius 1 is 1.41 bits per heavy atom. The maximum absolute atomic E-state index is 12.1. The minimum Gasteiger partial charge on any atom is -0.433 e. The molecule has 2 unspecified atom stereocenters. The van der Waals surface area contributed by atoms with E-state index >= 15 is 0 Å². The highest BCUT2D eigenvalue weighted by atomic mass is 35.5. The second-order valence-corrected chi connectivity index (χ2v) is 5.89. The number of benzene rings is 1. The van der Waals surface area contributed by atoms with Crippen molar-refractivity contribution < 1.29 is 18.3 Å². The summed E-state index contributed by atoms with van der Waals surface area (Å²) in [7, 11) is 0. The van der Waals surface area contributed by atoms with E-state index in [0.717, 1.165) is 25.7 Å². The molecule has 1 aromatic rings. The van der Waals surface area contributed by atoms with Gasteiger partial charge in [0.25, 0.3) is 0 Å². The Kier molecular flexibility index (Phi) is 5.97. The van der Waals surface area contributed by atoms with Gasteiger partial charge in [-0.05, 0) is 37.0 Å². The molecule has 0 bridgehead atoms. The van der Waals surface area contributed by atoms with Gasteiger partial charge in [0.1, 0.15) is 5.75 Å². The number of halogens is 3. The average Bonchev–Trinajstić information content (AvgIpc) is 2.44. The van der Waals surface area contributed by atoms with Gasteiger partial charge >= 0.3 is 6.61 Å². The summed E-state index contributed by atoms with van der Waals surface area (Å²) >= 11 is 5.84. The smallest absolute Gasteiger partial charge is 0.387 e. The van der Waals surface area contributed by atoms with E-state index in [0.29, 0.717) is 12.1 Å². The fourth-order valence-electron chi connectivity index (χ4n) is 2.71. The molecule has 0 aromatic heterocycles. The lowest BCUT2D eigenvalue weighted by Gasteiger charge is -2.27. The molecule has 122 valence electrons. The van der Waals surface area contributed by atoms with Crippen LogP contribution in [0.1, 0.15) is 32.1 Å². The standard InChI is InChI=1S/C15H19ClF2N2O2/c16-11-8-10(5-6-13(11)22-15(17)18)20-14(21)7-9-3-1-2-4-12(9)19/h5-6,8-9,12,15H,1-4,7,19H2,(H,20,21). The van der Waals surface area contributed by atoms with Crippen LogP contribution in [0.4, 0.5) is 14.5 Å². The Morgan fingerprint density at radius 3 is 2.77 bits per heavy atom. The van der Waals surface area contributed by atoms with Crippen molar-refractivity contribution in [2.45, 2.75) is 44.8 Å². The van der Waals surface area contributed by atoms with E-state index in [1.54, 1.807) is 0 Å². The Labute approximate surface area is 133 Å². The van der Waals surface area contributed by atoms with Crippen LogP contribution in [0.2, 0.25) is 5.02 Å². The van der Waals surface area contributed by atoms with Crippen molar-refractivity contribution in [3.05, 3.63) is 23.2 Å². The third kappa shape index (κ3) is 4.81. The van der Waals surface area contributed by atoms with E-state index in [2.05, 4.69) is 10.1 Å². The molecule has 1 aliphatic carbocycles. The lowest BCUT2D eigenvalue weighted by atomic mass is 9.83. The highest BCUT2D eigenvalue weighted by molar-refractivity contribution is 6.32.